The molecule has 0 spiro atoms. The normalized spacial score (nSPS) is 18.0. The largest absolute Gasteiger partial charge is 0.490 e. The summed E-state index contributed by atoms with van der Waals surface area (Å²) in [5, 5.41) is 0. The van der Waals surface area contributed by atoms with Crippen molar-refractivity contribution in [1.82, 2.24) is 14.8 Å². The maximum atomic E-state index is 14.7. The van der Waals surface area contributed by atoms with Crippen LogP contribution in [-0.2, 0) is 0 Å². The van der Waals surface area contributed by atoms with Gasteiger partial charge in [0.15, 0.2) is 11.6 Å². The molecular formula is C26H33F2N3O2. The average molecular weight is 458 g/mol. The number of pyridine rings is 1. The van der Waals surface area contributed by atoms with Crippen LogP contribution >= 0.6 is 0 Å². The molecule has 2 fully saturated rings. The van der Waals surface area contributed by atoms with Crippen molar-refractivity contribution in [2.75, 3.05) is 39.3 Å². The number of carbonyl (C=O) groups excluding carboxylic acids is 1. The van der Waals surface area contributed by atoms with Crippen molar-refractivity contribution in [2.45, 2.75) is 45.2 Å². The van der Waals surface area contributed by atoms with Crippen LogP contribution in [0.15, 0.2) is 36.5 Å². The number of piperidine rings is 1. The van der Waals surface area contributed by atoms with Crippen LogP contribution in [0.4, 0.5) is 8.78 Å². The summed E-state index contributed by atoms with van der Waals surface area (Å²) < 4.78 is 34.3. The molecule has 0 unspecified atom stereocenters. The molecule has 2 aliphatic rings. The molecule has 1 aromatic carbocycles. The minimum absolute atomic E-state index is 0.0479. The van der Waals surface area contributed by atoms with Crippen LogP contribution in [0.25, 0.3) is 11.1 Å². The van der Waals surface area contributed by atoms with E-state index in [1.54, 1.807) is 38.2 Å². The molecule has 0 radical (unpaired) electrons. The first-order valence-corrected chi connectivity index (χ1v) is 11.9. The lowest BCUT2D eigenvalue weighted by Crippen LogP contribution is -2.41. The molecule has 33 heavy (non-hydrogen) atoms. The average Bonchev–Trinajstić information content (AvgIpc) is 3.33. The third kappa shape index (κ3) is 6.28. The summed E-state index contributed by atoms with van der Waals surface area (Å²) in [5.41, 5.74) is 0.673. The SMILES string of the molecule is CC(C)(F)CN1CCC(COc2ccc(-c3ccc(C(=O)N4CCCC4)nc3)cc2F)CC1. The van der Waals surface area contributed by atoms with Crippen molar-refractivity contribution in [3.63, 3.8) is 0 Å². The van der Waals surface area contributed by atoms with E-state index in [1.807, 2.05) is 11.0 Å². The predicted octanol–water partition coefficient (Wildman–Crippen LogP) is 4.96. The zero-order chi connectivity index (χ0) is 23.4. The third-order valence-corrected chi connectivity index (χ3v) is 6.42. The van der Waals surface area contributed by atoms with Gasteiger partial charge in [0.1, 0.15) is 11.4 Å². The van der Waals surface area contributed by atoms with Crippen LogP contribution in [0, 0.1) is 11.7 Å². The van der Waals surface area contributed by atoms with Crippen molar-refractivity contribution < 1.29 is 18.3 Å². The quantitative estimate of drug-likeness (QED) is 0.589. The second kappa shape index (κ2) is 10.2. The molecule has 4 rings (SSSR count). The maximum absolute atomic E-state index is 14.7. The highest BCUT2D eigenvalue weighted by Gasteiger charge is 2.26. The standard InChI is InChI=1S/C26H33F2N3O2/c1-26(2,28)18-30-13-9-19(10-14-30)17-33-24-8-6-20(15-22(24)27)21-5-7-23(29-16-21)25(32)31-11-3-4-12-31/h5-8,15-16,19H,3-4,9-14,17-18H2,1-2H3. The topological polar surface area (TPSA) is 45.7 Å². The van der Waals surface area contributed by atoms with E-state index in [0.29, 0.717) is 30.3 Å². The van der Waals surface area contributed by atoms with Gasteiger partial charge >= 0.3 is 0 Å². The van der Waals surface area contributed by atoms with Crippen LogP contribution in [0.1, 0.15) is 50.0 Å². The molecule has 2 aliphatic heterocycles. The van der Waals surface area contributed by atoms with E-state index >= 15 is 0 Å². The van der Waals surface area contributed by atoms with Crippen LogP contribution in [0.2, 0.25) is 0 Å². The third-order valence-electron chi connectivity index (χ3n) is 6.42. The Kier molecular flexibility index (Phi) is 7.27. The Hall–Kier alpha value is -2.54. The fraction of sp³-hybridized carbons (Fsp3) is 0.538. The summed E-state index contributed by atoms with van der Waals surface area (Å²) >= 11 is 0. The Morgan fingerprint density at radius 1 is 1.09 bits per heavy atom. The van der Waals surface area contributed by atoms with E-state index in [2.05, 4.69) is 9.88 Å². The Labute approximate surface area is 194 Å². The second-order valence-corrected chi connectivity index (χ2v) is 9.83. The van der Waals surface area contributed by atoms with Gasteiger partial charge in [0.25, 0.3) is 5.91 Å². The zero-order valence-electron chi connectivity index (χ0n) is 19.5. The number of alkyl halides is 1. The summed E-state index contributed by atoms with van der Waals surface area (Å²) in [6.45, 7) is 7.35. The van der Waals surface area contributed by atoms with Gasteiger partial charge in [0, 0.05) is 31.4 Å². The van der Waals surface area contributed by atoms with E-state index in [4.69, 9.17) is 4.74 Å². The maximum Gasteiger partial charge on any atom is 0.272 e. The number of aromatic nitrogens is 1. The van der Waals surface area contributed by atoms with Crippen LogP contribution in [0.3, 0.4) is 0 Å². The minimum Gasteiger partial charge on any atom is -0.490 e. The van der Waals surface area contributed by atoms with E-state index in [1.165, 1.54) is 6.07 Å². The predicted molar refractivity (Wildman–Crippen MR) is 125 cm³/mol. The number of hydrogen-bond acceptors (Lipinski definition) is 4. The van der Waals surface area contributed by atoms with Crippen molar-refractivity contribution in [3.8, 4) is 16.9 Å². The van der Waals surface area contributed by atoms with Crippen molar-refractivity contribution >= 4 is 5.91 Å². The van der Waals surface area contributed by atoms with Gasteiger partial charge in [-0.15, -0.1) is 0 Å². The first kappa shape index (κ1) is 23.6. The lowest BCUT2D eigenvalue weighted by Gasteiger charge is -2.34. The lowest BCUT2D eigenvalue weighted by atomic mass is 9.97. The van der Waals surface area contributed by atoms with Crippen LogP contribution < -0.4 is 4.74 Å². The molecule has 3 heterocycles. The smallest absolute Gasteiger partial charge is 0.272 e. The molecule has 5 nitrogen and oxygen atoms in total. The summed E-state index contributed by atoms with van der Waals surface area (Å²) in [6, 6.07) is 8.41. The number of halogens is 2. The van der Waals surface area contributed by atoms with Gasteiger partial charge < -0.3 is 14.5 Å². The number of benzene rings is 1. The molecule has 0 bridgehead atoms. The van der Waals surface area contributed by atoms with E-state index in [0.717, 1.165) is 57.4 Å². The second-order valence-electron chi connectivity index (χ2n) is 9.83. The summed E-state index contributed by atoms with van der Waals surface area (Å²) in [6.07, 6.45) is 5.53. The number of likely N-dealkylation sites (tertiary alicyclic amines) is 2. The lowest BCUT2D eigenvalue weighted by molar-refractivity contribution is 0.0786. The van der Waals surface area contributed by atoms with Gasteiger partial charge in [0.2, 0.25) is 0 Å². The van der Waals surface area contributed by atoms with E-state index in [-0.39, 0.29) is 11.7 Å². The fourth-order valence-corrected chi connectivity index (χ4v) is 4.62. The number of carbonyl (C=O) groups is 1. The molecule has 1 aromatic heterocycles. The first-order chi connectivity index (χ1) is 15.8. The fourth-order valence-electron chi connectivity index (χ4n) is 4.62. The molecule has 0 N–H and O–H groups in total. The Morgan fingerprint density at radius 3 is 2.39 bits per heavy atom. The van der Waals surface area contributed by atoms with Gasteiger partial charge in [-0.2, -0.15) is 0 Å². The van der Waals surface area contributed by atoms with Gasteiger partial charge in [-0.1, -0.05) is 12.1 Å². The first-order valence-electron chi connectivity index (χ1n) is 11.9. The summed E-state index contributed by atoms with van der Waals surface area (Å²) in [4.78, 5) is 20.7. The minimum atomic E-state index is -1.19. The molecule has 7 heteroatoms. The van der Waals surface area contributed by atoms with Crippen molar-refractivity contribution in [1.29, 1.82) is 0 Å². The molecule has 1 amide bonds. The van der Waals surface area contributed by atoms with Crippen LogP contribution in [-0.4, -0.2) is 65.7 Å². The van der Waals surface area contributed by atoms with E-state index in [9.17, 15) is 13.6 Å². The van der Waals surface area contributed by atoms with Gasteiger partial charge in [-0.05, 0) is 82.3 Å². The van der Waals surface area contributed by atoms with E-state index < -0.39 is 11.5 Å². The van der Waals surface area contributed by atoms with Gasteiger partial charge in [-0.3, -0.25) is 9.78 Å². The molecular weight excluding hydrogens is 424 g/mol. The number of nitrogens with zero attached hydrogens (tertiary/aromatic N) is 3. The molecule has 0 saturated carbocycles. The molecule has 178 valence electrons. The molecule has 0 atom stereocenters. The number of amides is 1. The highest BCUT2D eigenvalue weighted by Crippen LogP contribution is 2.27. The highest BCUT2D eigenvalue weighted by molar-refractivity contribution is 5.92. The molecule has 2 saturated heterocycles. The monoisotopic (exact) mass is 457 g/mol. The number of hydrogen-bond donors (Lipinski definition) is 0. The number of rotatable bonds is 7. The zero-order valence-corrected chi connectivity index (χ0v) is 19.5. The van der Waals surface area contributed by atoms with Crippen molar-refractivity contribution in [2.24, 2.45) is 5.92 Å². The number of ether oxygens (including phenoxy) is 1. The molecule has 2 aromatic rings. The Morgan fingerprint density at radius 2 is 1.79 bits per heavy atom. The summed E-state index contributed by atoms with van der Waals surface area (Å²) in [5.74, 6) is 0.113. The summed E-state index contributed by atoms with van der Waals surface area (Å²) in [7, 11) is 0. The van der Waals surface area contributed by atoms with Gasteiger partial charge in [0.05, 0.1) is 6.61 Å². The van der Waals surface area contributed by atoms with Crippen molar-refractivity contribution in [3.05, 3.63) is 48.0 Å². The highest BCUT2D eigenvalue weighted by atomic mass is 19.1. The Balaban J connectivity index is 1.31. The molecule has 0 aliphatic carbocycles. The van der Waals surface area contributed by atoms with Crippen LogP contribution in [0.5, 0.6) is 5.75 Å². The Bertz CT molecular complexity index is 945. The van der Waals surface area contributed by atoms with Gasteiger partial charge in [-0.25, -0.2) is 8.78 Å².